The Morgan fingerprint density at radius 3 is 1.58 bits per heavy atom. The zero-order chi connectivity index (χ0) is 23.1. The summed E-state index contributed by atoms with van der Waals surface area (Å²) in [6, 6.07) is 19.6. The van der Waals surface area contributed by atoms with Gasteiger partial charge in [-0.3, -0.25) is 0 Å². The number of thioether (sulfide) groups is 1. The van der Waals surface area contributed by atoms with Crippen LogP contribution in [0.5, 0.6) is 0 Å². The van der Waals surface area contributed by atoms with E-state index in [4.69, 9.17) is 0 Å². The van der Waals surface area contributed by atoms with Gasteiger partial charge < -0.3 is 4.90 Å². The largest absolute Gasteiger partial charge is 0.416 e. The number of halogens is 3. The molecule has 1 saturated heterocycles. The van der Waals surface area contributed by atoms with E-state index in [0.29, 0.717) is 17.1 Å². The Morgan fingerprint density at radius 2 is 1.09 bits per heavy atom. The van der Waals surface area contributed by atoms with Crippen LogP contribution in [0, 0.1) is 0 Å². The summed E-state index contributed by atoms with van der Waals surface area (Å²) in [7, 11) is 0. The van der Waals surface area contributed by atoms with Gasteiger partial charge in [-0.25, -0.2) is 0 Å². The first kappa shape index (κ1) is 23.0. The number of azo groups is 2. The van der Waals surface area contributed by atoms with E-state index < -0.39 is 11.7 Å². The molecule has 0 atom stereocenters. The summed E-state index contributed by atoms with van der Waals surface area (Å²) in [6.07, 6.45) is -1.88. The molecule has 170 valence electrons. The molecule has 0 spiro atoms. The van der Waals surface area contributed by atoms with Crippen molar-refractivity contribution in [3.05, 3.63) is 78.4 Å². The van der Waals surface area contributed by atoms with E-state index in [1.807, 2.05) is 23.9 Å². The van der Waals surface area contributed by atoms with Crippen LogP contribution in [0.25, 0.3) is 0 Å². The van der Waals surface area contributed by atoms with Crippen LogP contribution < -0.4 is 4.90 Å². The standard InChI is InChI=1S/C24H22F3N5S/c25-24(26,27)18-3-5-19(6-4-18)28-29-20-7-9-21(10-8-20)30-31-22-11-13-23(14-12-22)32-15-1-2-16-33-17-32/h3-14H,1-2,15-17H2. The molecule has 0 aliphatic carbocycles. The first-order valence-corrected chi connectivity index (χ1v) is 11.7. The SMILES string of the molecule is FC(F)(F)c1ccc(N=Nc2ccc(N=Nc3ccc(N4CCCCSC4)cc3)cc2)cc1. The first-order valence-electron chi connectivity index (χ1n) is 10.5. The molecule has 0 amide bonds. The maximum absolute atomic E-state index is 12.6. The monoisotopic (exact) mass is 469 g/mol. The summed E-state index contributed by atoms with van der Waals surface area (Å²) in [5, 5.41) is 16.6. The zero-order valence-electron chi connectivity index (χ0n) is 17.7. The fraction of sp³-hybridized carbons (Fsp3) is 0.250. The average molecular weight is 470 g/mol. The van der Waals surface area contributed by atoms with Crippen LogP contribution in [0.15, 0.2) is 93.3 Å². The van der Waals surface area contributed by atoms with Gasteiger partial charge in [-0.1, -0.05) is 0 Å². The number of nitrogens with zero attached hydrogens (tertiary/aromatic N) is 5. The maximum Gasteiger partial charge on any atom is 0.416 e. The van der Waals surface area contributed by atoms with Crippen molar-refractivity contribution in [2.75, 3.05) is 23.1 Å². The summed E-state index contributed by atoms with van der Waals surface area (Å²) in [4.78, 5) is 2.39. The second-order valence-corrected chi connectivity index (χ2v) is 8.56. The Balaban J connectivity index is 1.34. The number of alkyl halides is 3. The number of rotatable bonds is 5. The van der Waals surface area contributed by atoms with Gasteiger partial charge in [0.1, 0.15) is 0 Å². The lowest BCUT2D eigenvalue weighted by Crippen LogP contribution is -2.22. The fourth-order valence-electron chi connectivity index (χ4n) is 3.21. The Morgan fingerprint density at radius 1 is 0.636 bits per heavy atom. The summed E-state index contributed by atoms with van der Waals surface area (Å²) in [5.74, 6) is 2.24. The molecule has 0 saturated carbocycles. The van der Waals surface area contributed by atoms with Gasteiger partial charge in [-0.05, 0) is 91.4 Å². The summed E-state index contributed by atoms with van der Waals surface area (Å²) < 4.78 is 37.8. The van der Waals surface area contributed by atoms with Gasteiger partial charge in [0.2, 0.25) is 0 Å². The molecule has 0 radical (unpaired) electrons. The van der Waals surface area contributed by atoms with Crippen LogP contribution in [0.3, 0.4) is 0 Å². The highest BCUT2D eigenvalue weighted by Crippen LogP contribution is 2.31. The van der Waals surface area contributed by atoms with Crippen LogP contribution >= 0.6 is 11.8 Å². The molecule has 4 rings (SSSR count). The maximum atomic E-state index is 12.6. The average Bonchev–Trinajstić information content (AvgIpc) is 3.12. The molecule has 1 heterocycles. The Bertz CT molecular complexity index is 1090. The van der Waals surface area contributed by atoms with E-state index in [1.54, 1.807) is 24.3 Å². The Kier molecular flexibility index (Phi) is 7.39. The van der Waals surface area contributed by atoms with Gasteiger partial charge in [-0.2, -0.15) is 33.6 Å². The van der Waals surface area contributed by atoms with Crippen molar-refractivity contribution < 1.29 is 13.2 Å². The van der Waals surface area contributed by atoms with E-state index in [9.17, 15) is 13.2 Å². The normalized spacial score (nSPS) is 15.3. The number of benzene rings is 3. The lowest BCUT2D eigenvalue weighted by Gasteiger charge is -2.21. The molecule has 5 nitrogen and oxygen atoms in total. The third-order valence-corrected chi connectivity index (χ3v) is 6.11. The molecule has 1 aliphatic heterocycles. The van der Waals surface area contributed by atoms with Crippen LogP contribution in [0.4, 0.5) is 41.6 Å². The van der Waals surface area contributed by atoms with E-state index in [2.05, 4.69) is 37.5 Å². The van der Waals surface area contributed by atoms with Crippen molar-refractivity contribution in [1.82, 2.24) is 0 Å². The van der Waals surface area contributed by atoms with Crippen LogP contribution in [0.2, 0.25) is 0 Å². The third-order valence-electron chi connectivity index (χ3n) is 5.03. The lowest BCUT2D eigenvalue weighted by molar-refractivity contribution is -0.137. The molecular weight excluding hydrogens is 447 g/mol. The second kappa shape index (κ2) is 10.6. The second-order valence-electron chi connectivity index (χ2n) is 7.49. The topological polar surface area (TPSA) is 52.7 Å². The number of anilines is 1. The van der Waals surface area contributed by atoms with Crippen molar-refractivity contribution in [2.24, 2.45) is 20.5 Å². The zero-order valence-corrected chi connectivity index (χ0v) is 18.6. The predicted molar refractivity (Wildman–Crippen MR) is 127 cm³/mol. The van der Waals surface area contributed by atoms with Crippen molar-refractivity contribution in [2.45, 2.75) is 19.0 Å². The van der Waals surface area contributed by atoms with Crippen LogP contribution in [-0.4, -0.2) is 18.2 Å². The molecule has 1 fully saturated rings. The molecule has 0 aromatic heterocycles. The van der Waals surface area contributed by atoms with Gasteiger partial charge in [0.25, 0.3) is 0 Å². The van der Waals surface area contributed by atoms with Crippen LogP contribution in [0.1, 0.15) is 18.4 Å². The highest BCUT2D eigenvalue weighted by molar-refractivity contribution is 7.99. The molecule has 9 heteroatoms. The van der Waals surface area contributed by atoms with E-state index in [-0.39, 0.29) is 0 Å². The molecule has 3 aromatic carbocycles. The minimum atomic E-state index is -4.37. The van der Waals surface area contributed by atoms with Crippen molar-refractivity contribution in [3.8, 4) is 0 Å². The first-order chi connectivity index (χ1) is 16.0. The predicted octanol–water partition coefficient (Wildman–Crippen LogP) is 8.83. The molecule has 0 N–H and O–H groups in total. The van der Waals surface area contributed by atoms with Gasteiger partial charge in [0.15, 0.2) is 0 Å². The quantitative estimate of drug-likeness (QED) is 0.351. The molecule has 1 aliphatic rings. The summed E-state index contributed by atoms with van der Waals surface area (Å²) in [6.45, 7) is 1.08. The van der Waals surface area contributed by atoms with Crippen molar-refractivity contribution >= 4 is 40.2 Å². The summed E-state index contributed by atoms with van der Waals surface area (Å²) in [5.41, 5.74) is 2.82. The van der Waals surface area contributed by atoms with E-state index in [1.165, 1.54) is 36.4 Å². The molecule has 0 unspecified atom stereocenters. The minimum absolute atomic E-state index is 0.342. The summed E-state index contributed by atoms with van der Waals surface area (Å²) >= 11 is 1.96. The van der Waals surface area contributed by atoms with Crippen molar-refractivity contribution in [1.29, 1.82) is 0 Å². The third kappa shape index (κ3) is 6.64. The van der Waals surface area contributed by atoms with E-state index >= 15 is 0 Å². The number of hydrogen-bond donors (Lipinski definition) is 0. The Hall–Kier alpha value is -3.20. The lowest BCUT2D eigenvalue weighted by atomic mass is 10.2. The van der Waals surface area contributed by atoms with Gasteiger partial charge >= 0.3 is 6.18 Å². The fourth-order valence-corrected chi connectivity index (χ4v) is 4.25. The van der Waals surface area contributed by atoms with Gasteiger partial charge in [0.05, 0.1) is 34.2 Å². The number of hydrogen-bond acceptors (Lipinski definition) is 6. The van der Waals surface area contributed by atoms with Gasteiger partial charge in [0, 0.05) is 12.2 Å². The molecule has 3 aromatic rings. The minimum Gasteiger partial charge on any atom is -0.362 e. The molecule has 0 bridgehead atoms. The Labute approximate surface area is 194 Å². The van der Waals surface area contributed by atoms with Crippen molar-refractivity contribution in [3.63, 3.8) is 0 Å². The van der Waals surface area contributed by atoms with Gasteiger partial charge in [-0.15, -0.1) is 11.8 Å². The highest BCUT2D eigenvalue weighted by atomic mass is 32.2. The van der Waals surface area contributed by atoms with Crippen LogP contribution in [-0.2, 0) is 6.18 Å². The molecule has 33 heavy (non-hydrogen) atoms. The highest BCUT2D eigenvalue weighted by Gasteiger charge is 2.29. The van der Waals surface area contributed by atoms with E-state index in [0.717, 1.165) is 30.2 Å². The smallest absolute Gasteiger partial charge is 0.362 e. The molecular formula is C24H22F3N5S.